The Kier molecular flexibility index (Phi) is 126. The van der Waals surface area contributed by atoms with Crippen LogP contribution in [0, 0.1) is 57.4 Å². The Morgan fingerprint density at radius 2 is 0.959 bits per heavy atom. The van der Waals surface area contributed by atoms with E-state index in [2.05, 4.69) is 44.3 Å². The monoisotopic (exact) mass is 1080 g/mol. The van der Waals surface area contributed by atoms with E-state index in [0.717, 1.165) is 10.6 Å². The number of hydrogen-bond acceptors (Lipinski definition) is 0. The molecule has 0 amide bonds. The number of halogens is 8. The van der Waals surface area contributed by atoms with Gasteiger partial charge >= 0.3 is 138 Å². The second kappa shape index (κ2) is 69.2. The Labute approximate surface area is 457 Å². The van der Waals surface area contributed by atoms with Gasteiger partial charge in [0.1, 0.15) is 0 Å². The summed E-state index contributed by atoms with van der Waals surface area (Å²) in [6.45, 7) is 14.5. The molecule has 5 aromatic carbocycles. The summed E-state index contributed by atoms with van der Waals surface area (Å²) < 4.78 is 12.3. The molecular formula is C35H32Br5Cl2FMg6. The van der Waals surface area contributed by atoms with E-state index in [9.17, 15) is 4.39 Å². The van der Waals surface area contributed by atoms with Gasteiger partial charge in [-0.3, -0.25) is 6.58 Å². The standard InChI is InChI=1S/C7H6F.2C7H7.C6H4Cl.C6H5.C2H3.5BrH.ClH.6Mg/c1-6-4-2-3-5-7(6)8;2*1-7-5-3-2-4-6-7;7-6-4-2-1-3-5-6;1-2-4-6-5-3-1;1-2;;;;;;;;;;;;/h3-5H,1H3;2-5H,1H3;2-6H,1H2;2-5H;1-5H;1H,2H2;6*1H;;;;;;/q6*-1;;;;;;;6*+2/p-6. The van der Waals surface area contributed by atoms with Crippen LogP contribution in [0.4, 0.5) is 4.39 Å². The average molecular weight is 1090 g/mol. The summed E-state index contributed by atoms with van der Waals surface area (Å²) in [7, 11) is 0. The molecular weight excluding hydrogens is 1060 g/mol. The van der Waals surface area contributed by atoms with Crippen LogP contribution in [0.2, 0.25) is 5.02 Å². The Morgan fingerprint density at radius 3 is 1.16 bits per heavy atom. The molecule has 0 radical (unpaired) electrons. The van der Waals surface area contributed by atoms with Crippen molar-refractivity contribution in [2.24, 2.45) is 0 Å². The molecule has 14 heteroatoms. The van der Waals surface area contributed by atoms with Crippen LogP contribution in [0.5, 0.6) is 0 Å². The third-order valence-corrected chi connectivity index (χ3v) is 4.25. The number of rotatable bonds is 0. The molecule has 0 unspecified atom stereocenters. The maximum atomic E-state index is 12.3. The molecule has 0 aliphatic heterocycles. The minimum atomic E-state index is -0.163. The third kappa shape index (κ3) is 63.5. The van der Waals surface area contributed by atoms with E-state index in [1.165, 1.54) is 11.6 Å². The number of aryl methyl sites for hydroxylation is 2. The fraction of sp³-hybridized carbons (Fsp3) is 0.0571. The normalized spacial score (nSPS) is 6.29. The summed E-state index contributed by atoms with van der Waals surface area (Å²) in [6, 6.07) is 50.6. The van der Waals surface area contributed by atoms with Gasteiger partial charge < -0.3 is 104 Å². The average Bonchev–Trinajstić information content (AvgIpc) is 2.95. The molecule has 0 aromatic heterocycles. The van der Waals surface area contributed by atoms with Crippen LogP contribution in [0.1, 0.15) is 16.7 Å². The van der Waals surface area contributed by atoms with Gasteiger partial charge in [0.25, 0.3) is 0 Å². The van der Waals surface area contributed by atoms with Crippen LogP contribution in [0.3, 0.4) is 0 Å². The summed E-state index contributed by atoms with van der Waals surface area (Å²) in [5, 5.41) is 0.763. The summed E-state index contributed by atoms with van der Waals surface area (Å²) in [6.07, 6.45) is 0. The SMILES string of the molecule is Cc1[c-]cccc1.Cc1c[c-]ccc1F.Clc1cc[c-]cc1.[Br-].[Br-].[Br-].[Br-].[Br-].[CH-]=C.[CH2-]c1ccccc1.[Cl-].[Mg+2].[Mg+2].[Mg+2].[Mg+2].[Mg+2].[Mg+2].[c-]1ccccc1. The van der Waals surface area contributed by atoms with Crippen molar-refractivity contribution in [3.05, 3.63) is 199 Å². The van der Waals surface area contributed by atoms with Gasteiger partial charge in [0.15, 0.2) is 0 Å². The summed E-state index contributed by atoms with van der Waals surface area (Å²) in [5.74, 6) is -0.163. The van der Waals surface area contributed by atoms with E-state index < -0.39 is 0 Å². The first-order valence-corrected chi connectivity index (χ1v) is 11.7. The molecule has 0 aliphatic carbocycles. The van der Waals surface area contributed by atoms with Gasteiger partial charge in [-0.25, -0.2) is 4.39 Å². The van der Waals surface area contributed by atoms with E-state index in [4.69, 9.17) is 11.6 Å². The van der Waals surface area contributed by atoms with Crippen LogP contribution < -0.4 is 97.3 Å². The molecule has 0 bridgehead atoms. The van der Waals surface area contributed by atoms with Crippen LogP contribution in [0.25, 0.3) is 0 Å². The van der Waals surface area contributed by atoms with E-state index in [1.54, 1.807) is 43.3 Å². The largest absolute Gasteiger partial charge is 2.00 e. The number of benzene rings is 5. The van der Waals surface area contributed by atoms with Crippen molar-refractivity contribution in [1.29, 1.82) is 0 Å². The van der Waals surface area contributed by atoms with Crippen molar-refractivity contribution in [3.8, 4) is 0 Å². The molecule has 0 N–H and O–H groups in total. The molecule has 0 spiro atoms. The maximum Gasteiger partial charge on any atom is 2.00 e. The molecule has 0 heterocycles. The minimum absolute atomic E-state index is 0. The third-order valence-electron chi connectivity index (χ3n) is 3.99. The molecule has 0 fully saturated rings. The molecule has 5 aromatic rings. The zero-order valence-corrected chi connectivity index (χ0v) is 45.8. The van der Waals surface area contributed by atoms with Gasteiger partial charge in [-0.15, -0.1) is 35.4 Å². The first kappa shape index (κ1) is 89.1. The fourth-order valence-electron chi connectivity index (χ4n) is 2.16. The van der Waals surface area contributed by atoms with Gasteiger partial charge in [-0.05, 0) is 0 Å². The zero-order chi connectivity index (χ0) is 27.6. The van der Waals surface area contributed by atoms with Gasteiger partial charge in [0, 0.05) is 5.82 Å². The van der Waals surface area contributed by atoms with E-state index in [1.807, 2.05) is 91.9 Å². The molecule has 0 saturated heterocycles. The van der Waals surface area contributed by atoms with Gasteiger partial charge in [-0.2, -0.15) is 145 Å². The molecule has 5 rings (SSSR count). The van der Waals surface area contributed by atoms with Crippen molar-refractivity contribution in [3.63, 3.8) is 0 Å². The molecule has 0 saturated carbocycles. The van der Waals surface area contributed by atoms with Gasteiger partial charge in [-0.1, -0.05) is 24.9 Å². The van der Waals surface area contributed by atoms with Crippen molar-refractivity contribution in [1.82, 2.24) is 0 Å². The molecule has 0 aliphatic rings. The van der Waals surface area contributed by atoms with Crippen molar-refractivity contribution in [2.75, 3.05) is 0 Å². The Hall–Kier alpha value is 3.22. The maximum absolute atomic E-state index is 12.3. The summed E-state index contributed by atoms with van der Waals surface area (Å²) in [5.41, 5.74) is 2.91. The van der Waals surface area contributed by atoms with E-state index in [-0.39, 0.29) is 241 Å². The molecule has 0 nitrogen and oxygen atoms in total. The van der Waals surface area contributed by atoms with Crippen LogP contribution in [-0.4, -0.2) is 138 Å². The first-order chi connectivity index (χ1) is 18.0. The summed E-state index contributed by atoms with van der Waals surface area (Å²) >= 11 is 5.52. The summed E-state index contributed by atoms with van der Waals surface area (Å²) in [4.78, 5) is 0. The van der Waals surface area contributed by atoms with E-state index in [0.29, 0.717) is 5.56 Å². The first-order valence-electron chi connectivity index (χ1n) is 11.3. The molecule has 240 valence electrons. The van der Waals surface area contributed by atoms with Gasteiger partial charge in [0.2, 0.25) is 0 Å². The van der Waals surface area contributed by atoms with Crippen LogP contribution in [-0.2, 0) is 0 Å². The number of hydrogen-bond donors (Lipinski definition) is 0. The predicted octanol–water partition coefficient (Wildman–Crippen LogP) is -10.4. The zero-order valence-electron chi connectivity index (χ0n) is 27.9. The fourth-order valence-corrected chi connectivity index (χ4v) is 2.29. The molecule has 49 heavy (non-hydrogen) atoms. The van der Waals surface area contributed by atoms with Gasteiger partial charge in [0.05, 0.1) is 0 Å². The molecule has 0 atom stereocenters. The second-order valence-electron chi connectivity index (χ2n) is 7.00. The Balaban J connectivity index is -0.0000000280. The minimum Gasteiger partial charge on any atom is -1.00 e. The second-order valence-corrected chi connectivity index (χ2v) is 7.44. The Bertz CT molecular complexity index is 1050. The van der Waals surface area contributed by atoms with Crippen molar-refractivity contribution < 1.29 is 102 Å². The topological polar surface area (TPSA) is 0 Å². The van der Waals surface area contributed by atoms with Crippen LogP contribution >= 0.6 is 11.6 Å². The van der Waals surface area contributed by atoms with Crippen molar-refractivity contribution >= 4 is 150 Å². The van der Waals surface area contributed by atoms with Crippen LogP contribution in [0.15, 0.2) is 134 Å². The van der Waals surface area contributed by atoms with E-state index >= 15 is 0 Å². The van der Waals surface area contributed by atoms with Crippen molar-refractivity contribution in [2.45, 2.75) is 13.8 Å². The Morgan fingerprint density at radius 1 is 0.571 bits per heavy atom. The quantitative estimate of drug-likeness (QED) is 0.107. The predicted molar refractivity (Wildman–Crippen MR) is 191 cm³/mol. The smallest absolute Gasteiger partial charge is 1.00 e.